The number of aliphatic hydroxyl groups is 1. The highest BCUT2D eigenvalue weighted by molar-refractivity contribution is 5.80. The monoisotopic (exact) mass is 316 g/mol. The second-order valence-corrected chi connectivity index (χ2v) is 7.14. The summed E-state index contributed by atoms with van der Waals surface area (Å²) in [5.74, 6) is 0.673. The standard InChI is InChI=1S/C19H28N2O2/c1-21-12-11-17(18(21)15-5-3-2-4-6-15)19(23)20-16-9-7-14(13-22)8-10-16/h2-6,14,16-18,22H,7-13H2,1H3,(H,20,23)/t14?,16?,17-,18-/m0/s1. The molecule has 1 aromatic rings. The minimum absolute atomic E-state index is 0.0398. The number of likely N-dealkylation sites (tertiary alicyclic amines) is 1. The number of hydrogen-bond donors (Lipinski definition) is 2. The fourth-order valence-corrected chi connectivity index (χ4v) is 4.16. The summed E-state index contributed by atoms with van der Waals surface area (Å²) < 4.78 is 0. The van der Waals surface area contributed by atoms with Gasteiger partial charge in [-0.05, 0) is 57.2 Å². The van der Waals surface area contributed by atoms with Crippen LogP contribution in [-0.4, -0.2) is 42.2 Å². The Morgan fingerprint density at radius 1 is 1.17 bits per heavy atom. The number of nitrogens with one attached hydrogen (secondary N) is 1. The van der Waals surface area contributed by atoms with E-state index in [1.54, 1.807) is 0 Å². The minimum atomic E-state index is 0.0398. The van der Waals surface area contributed by atoms with E-state index in [1.165, 1.54) is 5.56 Å². The third-order valence-corrected chi connectivity index (χ3v) is 5.58. The molecule has 1 saturated heterocycles. The molecule has 2 aliphatic rings. The first kappa shape index (κ1) is 16.5. The van der Waals surface area contributed by atoms with Gasteiger partial charge in [-0.3, -0.25) is 9.69 Å². The maximum absolute atomic E-state index is 12.8. The molecule has 2 atom stereocenters. The zero-order valence-electron chi connectivity index (χ0n) is 13.9. The molecule has 0 spiro atoms. The lowest BCUT2D eigenvalue weighted by Crippen LogP contribution is -2.42. The Balaban J connectivity index is 1.62. The largest absolute Gasteiger partial charge is 0.396 e. The van der Waals surface area contributed by atoms with Crippen LogP contribution >= 0.6 is 0 Å². The molecule has 126 valence electrons. The van der Waals surface area contributed by atoms with Crippen molar-refractivity contribution < 1.29 is 9.90 Å². The highest BCUT2D eigenvalue weighted by Gasteiger charge is 2.38. The fraction of sp³-hybridized carbons (Fsp3) is 0.632. The molecule has 4 nitrogen and oxygen atoms in total. The lowest BCUT2D eigenvalue weighted by atomic mass is 9.86. The molecule has 1 amide bonds. The Morgan fingerprint density at radius 3 is 2.52 bits per heavy atom. The van der Waals surface area contributed by atoms with Crippen molar-refractivity contribution in [3.63, 3.8) is 0 Å². The van der Waals surface area contributed by atoms with Gasteiger partial charge in [0, 0.05) is 18.7 Å². The molecule has 0 bridgehead atoms. The number of rotatable bonds is 4. The number of amides is 1. The first-order valence-electron chi connectivity index (χ1n) is 8.85. The Labute approximate surface area is 138 Å². The van der Waals surface area contributed by atoms with Crippen LogP contribution < -0.4 is 5.32 Å². The van der Waals surface area contributed by atoms with Crippen LogP contribution in [0, 0.1) is 11.8 Å². The molecule has 23 heavy (non-hydrogen) atoms. The number of carbonyl (C=O) groups is 1. The van der Waals surface area contributed by atoms with Crippen LogP contribution in [0.5, 0.6) is 0 Å². The van der Waals surface area contributed by atoms with Crippen LogP contribution in [0.2, 0.25) is 0 Å². The summed E-state index contributed by atoms with van der Waals surface area (Å²) >= 11 is 0. The van der Waals surface area contributed by atoms with Crippen molar-refractivity contribution in [1.82, 2.24) is 10.2 Å². The molecule has 1 heterocycles. The molecule has 0 unspecified atom stereocenters. The van der Waals surface area contributed by atoms with E-state index in [9.17, 15) is 9.90 Å². The average molecular weight is 316 g/mol. The number of hydrogen-bond acceptors (Lipinski definition) is 3. The van der Waals surface area contributed by atoms with Crippen LogP contribution in [0.4, 0.5) is 0 Å². The molecule has 2 fully saturated rings. The quantitative estimate of drug-likeness (QED) is 0.896. The van der Waals surface area contributed by atoms with Crippen LogP contribution in [-0.2, 0) is 4.79 Å². The summed E-state index contributed by atoms with van der Waals surface area (Å²) in [5.41, 5.74) is 1.23. The Bertz CT molecular complexity index is 511. The van der Waals surface area contributed by atoms with Gasteiger partial charge >= 0.3 is 0 Å². The van der Waals surface area contributed by atoms with Crippen LogP contribution in [0.3, 0.4) is 0 Å². The summed E-state index contributed by atoms with van der Waals surface area (Å²) in [6, 6.07) is 10.8. The van der Waals surface area contributed by atoms with Gasteiger partial charge in [-0.15, -0.1) is 0 Å². The lowest BCUT2D eigenvalue weighted by Gasteiger charge is -2.30. The lowest BCUT2D eigenvalue weighted by molar-refractivity contribution is -0.126. The summed E-state index contributed by atoms with van der Waals surface area (Å²) in [4.78, 5) is 15.1. The van der Waals surface area contributed by atoms with Gasteiger partial charge in [-0.1, -0.05) is 30.3 Å². The number of benzene rings is 1. The van der Waals surface area contributed by atoms with E-state index in [4.69, 9.17) is 0 Å². The van der Waals surface area contributed by atoms with Crippen molar-refractivity contribution in [3.05, 3.63) is 35.9 Å². The molecule has 1 aliphatic carbocycles. The van der Waals surface area contributed by atoms with Gasteiger partial charge in [-0.25, -0.2) is 0 Å². The van der Waals surface area contributed by atoms with E-state index in [-0.39, 0.29) is 30.5 Å². The van der Waals surface area contributed by atoms with E-state index in [2.05, 4.69) is 29.4 Å². The molecule has 0 aromatic heterocycles. The number of aliphatic hydroxyl groups excluding tert-OH is 1. The van der Waals surface area contributed by atoms with Gasteiger partial charge in [0.1, 0.15) is 0 Å². The minimum Gasteiger partial charge on any atom is -0.396 e. The van der Waals surface area contributed by atoms with Gasteiger partial charge in [-0.2, -0.15) is 0 Å². The number of nitrogens with zero attached hydrogens (tertiary/aromatic N) is 1. The van der Waals surface area contributed by atoms with Crippen molar-refractivity contribution in [3.8, 4) is 0 Å². The molecule has 3 rings (SSSR count). The molecule has 2 N–H and O–H groups in total. The molecule has 4 heteroatoms. The van der Waals surface area contributed by atoms with Crippen LogP contribution in [0.1, 0.15) is 43.7 Å². The summed E-state index contributed by atoms with van der Waals surface area (Å²) in [6.07, 6.45) is 4.96. The van der Waals surface area contributed by atoms with Gasteiger partial charge < -0.3 is 10.4 Å². The SMILES string of the molecule is CN1CC[C@H](C(=O)NC2CCC(CO)CC2)[C@@H]1c1ccccc1. The summed E-state index contributed by atoms with van der Waals surface area (Å²) in [5, 5.41) is 12.5. The second kappa shape index (κ2) is 7.45. The molecular weight excluding hydrogens is 288 g/mol. The summed E-state index contributed by atoms with van der Waals surface area (Å²) in [6.45, 7) is 1.25. The highest BCUT2D eigenvalue weighted by atomic mass is 16.3. The second-order valence-electron chi connectivity index (χ2n) is 7.14. The zero-order chi connectivity index (χ0) is 16.2. The summed E-state index contributed by atoms with van der Waals surface area (Å²) in [7, 11) is 2.11. The van der Waals surface area contributed by atoms with E-state index >= 15 is 0 Å². The van der Waals surface area contributed by atoms with E-state index in [0.717, 1.165) is 38.6 Å². The van der Waals surface area contributed by atoms with E-state index in [1.807, 2.05) is 18.2 Å². The molecule has 0 radical (unpaired) electrons. The predicted octanol–water partition coefficient (Wildman–Crippen LogP) is 2.35. The fourth-order valence-electron chi connectivity index (χ4n) is 4.16. The van der Waals surface area contributed by atoms with E-state index in [0.29, 0.717) is 5.92 Å². The third-order valence-electron chi connectivity index (χ3n) is 5.58. The normalized spacial score (nSPS) is 31.9. The third kappa shape index (κ3) is 3.75. The first-order valence-corrected chi connectivity index (χ1v) is 8.85. The maximum atomic E-state index is 12.8. The predicted molar refractivity (Wildman–Crippen MR) is 90.9 cm³/mol. The topological polar surface area (TPSA) is 52.6 Å². The smallest absolute Gasteiger partial charge is 0.225 e. The van der Waals surface area contributed by atoms with Crippen LogP contribution in [0.15, 0.2) is 30.3 Å². The Morgan fingerprint density at radius 2 is 1.87 bits per heavy atom. The van der Waals surface area contributed by atoms with Crippen molar-refractivity contribution in [2.45, 2.75) is 44.2 Å². The van der Waals surface area contributed by atoms with Gasteiger partial charge in [0.2, 0.25) is 5.91 Å². The average Bonchev–Trinajstić information content (AvgIpc) is 2.98. The van der Waals surface area contributed by atoms with Crippen molar-refractivity contribution in [2.24, 2.45) is 11.8 Å². The number of carbonyl (C=O) groups excluding carboxylic acids is 1. The molecule has 1 saturated carbocycles. The molecule has 1 aromatic carbocycles. The Kier molecular flexibility index (Phi) is 5.34. The Hall–Kier alpha value is -1.39. The van der Waals surface area contributed by atoms with Crippen molar-refractivity contribution in [1.29, 1.82) is 0 Å². The van der Waals surface area contributed by atoms with Crippen molar-refractivity contribution >= 4 is 5.91 Å². The molecular formula is C19H28N2O2. The van der Waals surface area contributed by atoms with Crippen LogP contribution in [0.25, 0.3) is 0 Å². The highest BCUT2D eigenvalue weighted by Crippen LogP contribution is 2.36. The van der Waals surface area contributed by atoms with Gasteiger partial charge in [0.25, 0.3) is 0 Å². The van der Waals surface area contributed by atoms with Crippen molar-refractivity contribution in [2.75, 3.05) is 20.2 Å². The van der Waals surface area contributed by atoms with Gasteiger partial charge in [0.05, 0.1) is 5.92 Å². The maximum Gasteiger partial charge on any atom is 0.225 e. The van der Waals surface area contributed by atoms with Gasteiger partial charge in [0.15, 0.2) is 0 Å². The zero-order valence-corrected chi connectivity index (χ0v) is 13.9. The van der Waals surface area contributed by atoms with E-state index < -0.39 is 0 Å². The molecule has 1 aliphatic heterocycles. The first-order chi connectivity index (χ1) is 11.2.